The molecule has 0 bridgehead atoms. The van der Waals surface area contributed by atoms with Crippen molar-refractivity contribution in [3.05, 3.63) is 59.6 Å². The maximum absolute atomic E-state index is 13.3. The van der Waals surface area contributed by atoms with Gasteiger partial charge in [-0.2, -0.15) is 5.10 Å². The summed E-state index contributed by atoms with van der Waals surface area (Å²) in [5.74, 6) is -3.84. The molecule has 0 radical (unpaired) electrons. The van der Waals surface area contributed by atoms with Gasteiger partial charge in [-0.3, -0.25) is 28.9 Å². The van der Waals surface area contributed by atoms with E-state index in [1.165, 1.54) is 0 Å². The van der Waals surface area contributed by atoms with Crippen LogP contribution in [0.4, 0.5) is 14.5 Å². The Morgan fingerprint density at radius 1 is 1.08 bits per heavy atom. The predicted octanol–water partition coefficient (Wildman–Crippen LogP) is 3.32. The zero-order valence-corrected chi connectivity index (χ0v) is 21.0. The fourth-order valence-corrected chi connectivity index (χ4v) is 6.01. The maximum Gasteiger partial charge on any atom is 0.264 e. The molecule has 4 heterocycles. The number of carbonyl (C=O) groups excluding carboxylic acids is 3. The third-order valence-corrected chi connectivity index (χ3v) is 8.18. The minimum absolute atomic E-state index is 0.00611. The smallest absolute Gasteiger partial charge is 0.264 e. The number of alkyl halides is 2. The van der Waals surface area contributed by atoms with Crippen LogP contribution in [-0.2, 0) is 11.3 Å². The number of nitrogens with zero attached hydrogens (tertiary/aromatic N) is 4. The van der Waals surface area contributed by atoms with Crippen LogP contribution in [0.2, 0.25) is 0 Å². The van der Waals surface area contributed by atoms with Crippen LogP contribution < -0.4 is 10.6 Å². The summed E-state index contributed by atoms with van der Waals surface area (Å²) in [4.78, 5) is 42.1. The summed E-state index contributed by atoms with van der Waals surface area (Å²) in [6, 6.07) is 4.43. The number of nitrogens with one attached hydrogen (secondary N) is 2. The zero-order valence-electron chi connectivity index (χ0n) is 21.0. The molecule has 2 aromatic rings. The number of benzene rings is 1. The number of halogens is 2. The van der Waals surface area contributed by atoms with Crippen molar-refractivity contribution in [2.24, 2.45) is 0 Å². The summed E-state index contributed by atoms with van der Waals surface area (Å²) in [7, 11) is 0. The number of imide groups is 1. The predicted molar refractivity (Wildman–Crippen MR) is 135 cm³/mol. The first kappa shape index (κ1) is 24.7. The van der Waals surface area contributed by atoms with Crippen molar-refractivity contribution in [2.75, 3.05) is 18.4 Å². The van der Waals surface area contributed by atoms with Crippen molar-refractivity contribution in [2.45, 2.75) is 69.1 Å². The highest BCUT2D eigenvalue weighted by Gasteiger charge is 2.48. The van der Waals surface area contributed by atoms with Gasteiger partial charge in [-0.1, -0.05) is 12.6 Å². The van der Waals surface area contributed by atoms with Crippen LogP contribution in [0.25, 0.3) is 0 Å². The second-order valence-corrected chi connectivity index (χ2v) is 10.7. The Hall–Kier alpha value is -3.60. The van der Waals surface area contributed by atoms with Crippen molar-refractivity contribution < 1.29 is 23.2 Å². The summed E-state index contributed by atoms with van der Waals surface area (Å²) in [6.45, 7) is 5.73. The Labute approximate surface area is 218 Å². The van der Waals surface area contributed by atoms with Gasteiger partial charge in [-0.15, -0.1) is 0 Å². The minimum atomic E-state index is -2.50. The number of aromatic nitrogens is 2. The second-order valence-electron chi connectivity index (χ2n) is 10.7. The van der Waals surface area contributed by atoms with Crippen LogP contribution in [0.15, 0.2) is 42.9 Å². The van der Waals surface area contributed by atoms with Gasteiger partial charge >= 0.3 is 0 Å². The first-order chi connectivity index (χ1) is 18.2. The van der Waals surface area contributed by atoms with E-state index in [1.54, 1.807) is 24.4 Å². The summed E-state index contributed by atoms with van der Waals surface area (Å²) in [5, 5.41) is 10.4. The Kier molecular flexibility index (Phi) is 6.05. The standard InChI is InChI=1S/C27H30F2N6O3/c1-16-5-6-22(24(36)32-16)35-25(37)20-3-2-4-21(23(20)26(35)38)30-13-17-14-31-34(15-17)18-7-9-33(10-8-18)19-11-27(28,29)12-19/h2-4,14-15,18-19,22,30H,1,5-13H2,(H,32,36). The van der Waals surface area contributed by atoms with E-state index in [4.69, 9.17) is 0 Å². The Morgan fingerprint density at radius 3 is 2.55 bits per heavy atom. The number of likely N-dealkylation sites (tertiary alicyclic amines) is 1. The van der Waals surface area contributed by atoms with Gasteiger partial charge in [0.1, 0.15) is 6.04 Å². The number of allylic oxidation sites excluding steroid dienone is 1. The molecule has 6 rings (SSSR count). The van der Waals surface area contributed by atoms with Gasteiger partial charge in [0, 0.05) is 61.7 Å². The van der Waals surface area contributed by atoms with Crippen LogP contribution in [0.1, 0.15) is 70.8 Å². The lowest BCUT2D eigenvalue weighted by molar-refractivity contribution is -0.128. The fourth-order valence-electron chi connectivity index (χ4n) is 6.01. The lowest BCUT2D eigenvalue weighted by Crippen LogP contribution is -2.53. The Morgan fingerprint density at radius 2 is 1.84 bits per heavy atom. The van der Waals surface area contributed by atoms with Crippen molar-refractivity contribution in [3.63, 3.8) is 0 Å². The van der Waals surface area contributed by atoms with Crippen LogP contribution in [0, 0.1) is 0 Å². The Bertz CT molecular complexity index is 1310. The van der Waals surface area contributed by atoms with E-state index in [9.17, 15) is 23.2 Å². The number of amides is 3. The SMILES string of the molecule is C=C1CCC(N2C(=O)c3cccc(NCc4cnn(C5CCN(C6CC(F)(F)C6)CC5)c4)c3C2=O)C(=O)N1. The van der Waals surface area contributed by atoms with Gasteiger partial charge in [-0.25, -0.2) is 8.78 Å². The molecule has 9 nitrogen and oxygen atoms in total. The minimum Gasteiger partial charge on any atom is -0.380 e. The highest BCUT2D eigenvalue weighted by molar-refractivity contribution is 6.25. The van der Waals surface area contributed by atoms with Crippen molar-refractivity contribution >= 4 is 23.4 Å². The summed E-state index contributed by atoms with van der Waals surface area (Å²) in [5.41, 5.74) is 2.59. The number of hydrogen-bond acceptors (Lipinski definition) is 6. The lowest BCUT2D eigenvalue weighted by atomic mass is 9.85. The van der Waals surface area contributed by atoms with Gasteiger partial charge in [0.15, 0.2) is 0 Å². The largest absolute Gasteiger partial charge is 0.380 e. The van der Waals surface area contributed by atoms with Crippen LogP contribution in [-0.4, -0.2) is 68.4 Å². The Balaban J connectivity index is 1.09. The molecule has 38 heavy (non-hydrogen) atoms. The zero-order chi connectivity index (χ0) is 26.6. The van der Waals surface area contributed by atoms with Gasteiger partial charge in [0.05, 0.1) is 23.4 Å². The molecule has 1 atom stereocenters. The number of rotatable bonds is 6. The van der Waals surface area contributed by atoms with Crippen molar-refractivity contribution in [1.82, 2.24) is 24.9 Å². The van der Waals surface area contributed by atoms with E-state index >= 15 is 0 Å². The fraction of sp³-hybridized carbons (Fsp3) is 0.481. The van der Waals surface area contributed by atoms with E-state index in [0.717, 1.165) is 36.4 Å². The average Bonchev–Trinajstić information content (AvgIpc) is 3.45. The third-order valence-electron chi connectivity index (χ3n) is 8.18. The first-order valence-corrected chi connectivity index (χ1v) is 13.1. The quantitative estimate of drug-likeness (QED) is 0.563. The van der Waals surface area contributed by atoms with Crippen LogP contribution in [0.3, 0.4) is 0 Å². The molecule has 3 aliphatic heterocycles. The molecule has 3 amide bonds. The first-order valence-electron chi connectivity index (χ1n) is 13.1. The summed E-state index contributed by atoms with van der Waals surface area (Å²) in [6.07, 6.45) is 6.25. The highest BCUT2D eigenvalue weighted by Crippen LogP contribution is 2.42. The van der Waals surface area contributed by atoms with Gasteiger partial charge in [-0.05, 0) is 37.8 Å². The normalized spacial score (nSPS) is 24.4. The third kappa shape index (κ3) is 4.38. The molecule has 0 spiro atoms. The second kappa shape index (κ2) is 9.30. The van der Waals surface area contributed by atoms with Gasteiger partial charge < -0.3 is 10.6 Å². The summed E-state index contributed by atoms with van der Waals surface area (Å²) < 4.78 is 28.4. The van der Waals surface area contributed by atoms with Crippen LogP contribution in [0.5, 0.6) is 0 Å². The van der Waals surface area contributed by atoms with Gasteiger partial charge in [0.25, 0.3) is 17.7 Å². The van der Waals surface area contributed by atoms with E-state index in [2.05, 4.69) is 27.2 Å². The van der Waals surface area contributed by atoms with Crippen LogP contribution >= 0.6 is 0 Å². The number of carbonyl (C=O) groups is 3. The molecule has 11 heteroatoms. The molecule has 200 valence electrons. The van der Waals surface area contributed by atoms with E-state index in [1.807, 2.05) is 10.9 Å². The van der Waals surface area contributed by atoms with Crippen molar-refractivity contribution in [1.29, 1.82) is 0 Å². The molecule has 1 unspecified atom stereocenters. The molecular weight excluding hydrogens is 494 g/mol. The number of piperidine rings is 2. The van der Waals surface area contributed by atoms with E-state index < -0.39 is 29.7 Å². The van der Waals surface area contributed by atoms with Gasteiger partial charge in [0.2, 0.25) is 5.91 Å². The van der Waals surface area contributed by atoms with E-state index in [-0.39, 0.29) is 36.1 Å². The highest BCUT2D eigenvalue weighted by atomic mass is 19.3. The molecule has 1 aliphatic carbocycles. The topological polar surface area (TPSA) is 99.6 Å². The molecule has 1 aromatic heterocycles. The molecule has 3 fully saturated rings. The maximum atomic E-state index is 13.3. The molecule has 1 aromatic carbocycles. The molecule has 1 saturated carbocycles. The molecular formula is C27H30F2N6O3. The number of hydrogen-bond donors (Lipinski definition) is 2. The molecule has 2 N–H and O–H groups in total. The molecule has 2 saturated heterocycles. The van der Waals surface area contributed by atoms with E-state index in [0.29, 0.717) is 30.8 Å². The monoisotopic (exact) mass is 524 g/mol. The van der Waals surface area contributed by atoms with Crippen molar-refractivity contribution in [3.8, 4) is 0 Å². The number of fused-ring (bicyclic) bond motifs is 1. The molecule has 4 aliphatic rings. The summed E-state index contributed by atoms with van der Waals surface area (Å²) >= 11 is 0. The lowest BCUT2D eigenvalue weighted by Gasteiger charge is -2.45. The average molecular weight is 525 g/mol. The number of anilines is 1.